The number of para-hydroxylation sites is 1. The van der Waals surface area contributed by atoms with Crippen LogP contribution in [0, 0.1) is 0 Å². The maximum absolute atomic E-state index is 5.62. The minimum absolute atomic E-state index is 0.0708. The predicted molar refractivity (Wildman–Crippen MR) is 76.4 cm³/mol. The minimum Gasteiger partial charge on any atom is -0.370 e. The zero-order valence-electron chi connectivity index (χ0n) is 10.3. The van der Waals surface area contributed by atoms with E-state index in [-0.39, 0.29) is 17.8 Å². The van der Waals surface area contributed by atoms with Crippen LogP contribution in [0.3, 0.4) is 0 Å². The van der Waals surface area contributed by atoms with E-state index in [0.29, 0.717) is 23.0 Å². The number of benzene rings is 1. The number of nitrogens with two attached hydrogens (primary N) is 3. The highest BCUT2D eigenvalue weighted by Gasteiger charge is 2.11. The van der Waals surface area contributed by atoms with Gasteiger partial charge in [-0.05, 0) is 12.1 Å². The van der Waals surface area contributed by atoms with E-state index in [2.05, 4.69) is 20.1 Å². The number of aliphatic imine (C=N–C) groups is 2. The van der Waals surface area contributed by atoms with Crippen LogP contribution in [0.4, 0.5) is 5.69 Å². The van der Waals surface area contributed by atoms with Crippen molar-refractivity contribution in [3.63, 3.8) is 0 Å². The van der Waals surface area contributed by atoms with Crippen LogP contribution in [0.15, 0.2) is 38.8 Å². The van der Waals surface area contributed by atoms with E-state index in [9.17, 15) is 0 Å². The Kier molecular flexibility index (Phi) is 4.16. The first-order chi connectivity index (χ1) is 9.60. The minimum atomic E-state index is -0.173. The standard InChI is InChI=1S/C11H12ClN7O/c12-5-8-17-9(19-20-8)6-3-1-2-4-7(6)16-11(15)18-10(13)14/h1-4H,5H2,(H6,13,14,15,16,18). The molecule has 0 saturated heterocycles. The highest BCUT2D eigenvalue weighted by Crippen LogP contribution is 2.28. The molecule has 0 atom stereocenters. The van der Waals surface area contributed by atoms with Crippen molar-refractivity contribution in [2.75, 3.05) is 0 Å². The fourth-order valence-electron chi connectivity index (χ4n) is 1.46. The molecule has 0 aliphatic heterocycles. The molecule has 8 nitrogen and oxygen atoms in total. The zero-order chi connectivity index (χ0) is 14.5. The molecule has 0 radical (unpaired) electrons. The van der Waals surface area contributed by atoms with Crippen molar-refractivity contribution in [3.05, 3.63) is 30.2 Å². The summed E-state index contributed by atoms with van der Waals surface area (Å²) in [6.07, 6.45) is 0. The zero-order valence-corrected chi connectivity index (χ0v) is 11.1. The molecule has 0 aliphatic carbocycles. The molecule has 1 aromatic heterocycles. The number of hydrogen-bond donors (Lipinski definition) is 3. The van der Waals surface area contributed by atoms with Gasteiger partial charge in [0, 0.05) is 5.56 Å². The van der Waals surface area contributed by atoms with Gasteiger partial charge < -0.3 is 21.7 Å². The summed E-state index contributed by atoms with van der Waals surface area (Å²) < 4.78 is 4.95. The molecule has 2 aromatic rings. The summed E-state index contributed by atoms with van der Waals surface area (Å²) in [7, 11) is 0. The van der Waals surface area contributed by atoms with Crippen LogP contribution in [0.5, 0.6) is 0 Å². The number of rotatable bonds is 3. The summed E-state index contributed by atoms with van der Waals surface area (Å²) in [5.74, 6) is 0.565. The third-order valence-electron chi connectivity index (χ3n) is 2.21. The lowest BCUT2D eigenvalue weighted by atomic mass is 10.2. The molecule has 20 heavy (non-hydrogen) atoms. The molecule has 0 spiro atoms. The Labute approximate surface area is 119 Å². The van der Waals surface area contributed by atoms with Crippen molar-refractivity contribution in [1.82, 2.24) is 10.1 Å². The summed E-state index contributed by atoms with van der Waals surface area (Å²) in [5.41, 5.74) is 17.2. The molecule has 0 saturated carbocycles. The van der Waals surface area contributed by atoms with E-state index < -0.39 is 0 Å². The normalized spacial score (nSPS) is 11.3. The second kappa shape index (κ2) is 6.02. The van der Waals surface area contributed by atoms with Crippen LogP contribution in [0.25, 0.3) is 11.4 Å². The van der Waals surface area contributed by atoms with Crippen molar-refractivity contribution < 1.29 is 4.52 Å². The Morgan fingerprint density at radius 3 is 2.65 bits per heavy atom. The molecule has 0 aliphatic rings. The molecule has 0 bridgehead atoms. The van der Waals surface area contributed by atoms with Crippen molar-refractivity contribution in [3.8, 4) is 11.4 Å². The van der Waals surface area contributed by atoms with Crippen LogP contribution in [0.2, 0.25) is 0 Å². The molecule has 6 N–H and O–H groups in total. The number of alkyl halides is 1. The van der Waals surface area contributed by atoms with Gasteiger partial charge in [0.05, 0.1) is 5.69 Å². The summed E-state index contributed by atoms with van der Waals surface area (Å²) in [4.78, 5) is 11.9. The molecular weight excluding hydrogens is 282 g/mol. The van der Waals surface area contributed by atoms with Crippen LogP contribution < -0.4 is 17.2 Å². The Morgan fingerprint density at radius 1 is 1.25 bits per heavy atom. The first-order valence-electron chi connectivity index (χ1n) is 5.52. The second-order valence-corrected chi connectivity index (χ2v) is 3.94. The van der Waals surface area contributed by atoms with E-state index in [1.165, 1.54) is 0 Å². The lowest BCUT2D eigenvalue weighted by molar-refractivity contribution is 0.391. The van der Waals surface area contributed by atoms with Crippen LogP contribution in [-0.2, 0) is 5.88 Å². The van der Waals surface area contributed by atoms with E-state index in [0.717, 1.165) is 0 Å². The van der Waals surface area contributed by atoms with Crippen molar-refractivity contribution in [2.24, 2.45) is 27.2 Å². The highest BCUT2D eigenvalue weighted by molar-refractivity contribution is 6.16. The molecule has 1 heterocycles. The number of aromatic nitrogens is 2. The Hall–Kier alpha value is -2.61. The predicted octanol–water partition coefficient (Wildman–Crippen LogP) is 0.695. The maximum Gasteiger partial charge on any atom is 0.241 e. The fourth-order valence-corrected chi connectivity index (χ4v) is 1.57. The van der Waals surface area contributed by atoms with Gasteiger partial charge in [-0.1, -0.05) is 17.3 Å². The van der Waals surface area contributed by atoms with E-state index in [1.54, 1.807) is 18.2 Å². The fraction of sp³-hybridized carbons (Fsp3) is 0.0909. The van der Waals surface area contributed by atoms with Gasteiger partial charge in [-0.25, -0.2) is 4.99 Å². The smallest absolute Gasteiger partial charge is 0.241 e. The molecule has 104 valence electrons. The van der Waals surface area contributed by atoms with Gasteiger partial charge in [0.1, 0.15) is 5.88 Å². The van der Waals surface area contributed by atoms with E-state index >= 15 is 0 Å². The van der Waals surface area contributed by atoms with E-state index in [1.807, 2.05) is 6.07 Å². The topological polar surface area (TPSA) is 142 Å². The van der Waals surface area contributed by atoms with Gasteiger partial charge in [-0.15, -0.1) is 11.6 Å². The highest BCUT2D eigenvalue weighted by atomic mass is 35.5. The van der Waals surface area contributed by atoms with Crippen LogP contribution >= 0.6 is 11.6 Å². The van der Waals surface area contributed by atoms with Gasteiger partial charge in [0.25, 0.3) is 0 Å². The Morgan fingerprint density at radius 2 is 2.00 bits per heavy atom. The van der Waals surface area contributed by atoms with Gasteiger partial charge in [-0.3, -0.25) is 0 Å². The first kappa shape index (κ1) is 13.8. The monoisotopic (exact) mass is 293 g/mol. The number of guanidine groups is 2. The summed E-state index contributed by atoms with van der Waals surface area (Å²) in [6.45, 7) is 0. The number of nitrogens with zero attached hydrogens (tertiary/aromatic N) is 4. The lowest BCUT2D eigenvalue weighted by Gasteiger charge is -2.01. The summed E-state index contributed by atoms with van der Waals surface area (Å²) >= 11 is 5.62. The summed E-state index contributed by atoms with van der Waals surface area (Å²) in [5, 5.41) is 3.82. The molecular formula is C11H12ClN7O. The van der Waals surface area contributed by atoms with Gasteiger partial charge >= 0.3 is 0 Å². The van der Waals surface area contributed by atoms with E-state index in [4.69, 9.17) is 33.3 Å². The first-order valence-corrected chi connectivity index (χ1v) is 6.05. The quantitative estimate of drug-likeness (QED) is 0.432. The Balaban J connectivity index is 2.43. The average Bonchev–Trinajstić information content (AvgIpc) is 2.87. The largest absolute Gasteiger partial charge is 0.370 e. The third-order valence-corrected chi connectivity index (χ3v) is 2.43. The number of halogens is 1. The van der Waals surface area contributed by atoms with Crippen LogP contribution in [0.1, 0.15) is 5.89 Å². The summed E-state index contributed by atoms with van der Waals surface area (Å²) in [6, 6.07) is 7.08. The second-order valence-electron chi connectivity index (χ2n) is 3.67. The molecule has 0 fully saturated rings. The van der Waals surface area contributed by atoms with Crippen LogP contribution in [-0.4, -0.2) is 22.1 Å². The lowest BCUT2D eigenvalue weighted by Crippen LogP contribution is -2.26. The molecule has 0 amide bonds. The van der Waals surface area contributed by atoms with Crippen molar-refractivity contribution in [2.45, 2.75) is 5.88 Å². The molecule has 1 aromatic carbocycles. The third kappa shape index (κ3) is 3.23. The average molecular weight is 294 g/mol. The van der Waals surface area contributed by atoms with Crippen molar-refractivity contribution in [1.29, 1.82) is 0 Å². The molecule has 2 rings (SSSR count). The Bertz CT molecular complexity index is 660. The van der Waals surface area contributed by atoms with Crippen molar-refractivity contribution >= 4 is 29.2 Å². The van der Waals surface area contributed by atoms with Gasteiger partial charge in [0.2, 0.25) is 17.7 Å². The molecule has 9 heteroatoms. The van der Waals surface area contributed by atoms with Gasteiger partial charge in [0.15, 0.2) is 5.96 Å². The molecule has 0 unspecified atom stereocenters. The maximum atomic E-state index is 5.62. The van der Waals surface area contributed by atoms with Gasteiger partial charge in [-0.2, -0.15) is 9.98 Å². The number of hydrogen-bond acceptors (Lipinski definition) is 4. The SMILES string of the molecule is NC(N)=NC(N)=Nc1ccccc1-c1noc(CCl)n1.